The van der Waals surface area contributed by atoms with Crippen LogP contribution in [0.1, 0.15) is 71.2 Å². The summed E-state index contributed by atoms with van der Waals surface area (Å²) in [4.78, 5) is 25.3. The first kappa shape index (κ1) is 27.9. The largest absolute Gasteiger partial charge is 0.295 e. The molecule has 1 atom stereocenters. The monoisotopic (exact) mass is 445 g/mol. The Kier molecular flexibility index (Phi) is 11.9. The molecule has 0 fully saturated rings. The van der Waals surface area contributed by atoms with E-state index in [2.05, 4.69) is 60.7 Å². The Bertz CT molecular complexity index is 1030. The number of carbonyl (C=O) groups is 1. The van der Waals surface area contributed by atoms with E-state index in [9.17, 15) is 4.79 Å². The number of aromatic nitrogens is 1. The number of hydrogen-bond donors (Lipinski definition) is 0. The fourth-order valence-corrected chi connectivity index (χ4v) is 3.23. The SMILES string of the molecule is C=C(Cc1cc(CC)ncc1N=C(C)C(/C=C(/C)C(C)=O)=NC)C(C)c1ccccc1.CC. The van der Waals surface area contributed by atoms with Gasteiger partial charge in [0, 0.05) is 18.7 Å². The minimum absolute atomic E-state index is 0.0230. The fourth-order valence-electron chi connectivity index (χ4n) is 3.23. The fraction of sp³-hybridized carbons (Fsp3) is 0.379. The van der Waals surface area contributed by atoms with Gasteiger partial charge in [-0.1, -0.05) is 70.2 Å². The van der Waals surface area contributed by atoms with Gasteiger partial charge in [0.1, 0.15) is 0 Å². The predicted octanol–water partition coefficient (Wildman–Crippen LogP) is 7.27. The van der Waals surface area contributed by atoms with Crippen molar-refractivity contribution in [2.75, 3.05) is 7.05 Å². The highest BCUT2D eigenvalue weighted by molar-refractivity contribution is 6.46. The van der Waals surface area contributed by atoms with Crippen molar-refractivity contribution in [2.45, 2.75) is 67.2 Å². The number of Topliss-reactive ketones (excluding diaryl/α,β-unsaturated/α-hetero) is 1. The van der Waals surface area contributed by atoms with Gasteiger partial charge in [-0.3, -0.25) is 14.8 Å². The van der Waals surface area contributed by atoms with Crippen LogP contribution in [0.25, 0.3) is 0 Å². The molecule has 2 rings (SSSR count). The summed E-state index contributed by atoms with van der Waals surface area (Å²) in [5.41, 5.74) is 7.41. The lowest BCUT2D eigenvalue weighted by Crippen LogP contribution is -2.10. The third-order valence-electron chi connectivity index (χ3n) is 5.52. The number of carbonyl (C=O) groups excluding carboxylic acids is 1. The lowest BCUT2D eigenvalue weighted by molar-refractivity contribution is -0.113. The van der Waals surface area contributed by atoms with Crippen LogP contribution in [0, 0.1) is 0 Å². The van der Waals surface area contributed by atoms with Crippen molar-refractivity contribution in [3.8, 4) is 0 Å². The van der Waals surface area contributed by atoms with E-state index in [0.717, 1.165) is 41.1 Å². The number of allylic oxidation sites excluding steroid dienone is 3. The molecule has 1 aromatic heterocycles. The second-order valence-electron chi connectivity index (χ2n) is 7.81. The molecule has 0 aliphatic heterocycles. The van der Waals surface area contributed by atoms with E-state index in [4.69, 9.17) is 4.99 Å². The van der Waals surface area contributed by atoms with E-state index in [1.807, 2.05) is 33.0 Å². The molecule has 0 saturated carbocycles. The maximum absolute atomic E-state index is 11.6. The Hall–Kier alpha value is -3.14. The lowest BCUT2D eigenvalue weighted by Gasteiger charge is -2.17. The molecule has 4 nitrogen and oxygen atoms in total. The number of pyridine rings is 1. The molecule has 0 aliphatic rings. The van der Waals surface area contributed by atoms with Gasteiger partial charge >= 0.3 is 0 Å². The first-order valence-electron chi connectivity index (χ1n) is 11.7. The highest BCUT2D eigenvalue weighted by Crippen LogP contribution is 2.29. The average molecular weight is 446 g/mol. The number of benzene rings is 1. The van der Waals surface area contributed by atoms with Gasteiger partial charge < -0.3 is 0 Å². The van der Waals surface area contributed by atoms with Crippen LogP contribution in [-0.4, -0.2) is 29.2 Å². The van der Waals surface area contributed by atoms with Crippen LogP contribution in [0.4, 0.5) is 5.69 Å². The quantitative estimate of drug-likeness (QED) is 0.231. The molecule has 33 heavy (non-hydrogen) atoms. The second-order valence-corrected chi connectivity index (χ2v) is 7.81. The molecule has 0 spiro atoms. The Morgan fingerprint density at radius 3 is 2.33 bits per heavy atom. The van der Waals surface area contributed by atoms with E-state index in [-0.39, 0.29) is 11.7 Å². The van der Waals surface area contributed by atoms with E-state index in [0.29, 0.717) is 11.3 Å². The van der Waals surface area contributed by atoms with Crippen LogP contribution in [0.15, 0.2) is 76.4 Å². The number of aryl methyl sites for hydroxylation is 1. The normalized spacial score (nSPS) is 13.2. The third kappa shape index (κ3) is 8.38. The molecular weight excluding hydrogens is 406 g/mol. The molecule has 0 N–H and O–H groups in total. The van der Waals surface area contributed by atoms with Gasteiger partial charge in [-0.15, -0.1) is 0 Å². The minimum atomic E-state index is 0.0230. The maximum atomic E-state index is 11.6. The van der Waals surface area contributed by atoms with E-state index < -0.39 is 0 Å². The molecule has 176 valence electrons. The van der Waals surface area contributed by atoms with Gasteiger partial charge in [0.2, 0.25) is 0 Å². The molecule has 1 aromatic carbocycles. The van der Waals surface area contributed by atoms with Crippen molar-refractivity contribution in [3.63, 3.8) is 0 Å². The summed E-state index contributed by atoms with van der Waals surface area (Å²) in [5.74, 6) is 0.265. The standard InChI is InChI=1S/C27H33N3O.C2H6/c1-8-25-16-24(14-18(2)20(4)23-12-10-9-11-13-23)27(17-29-25)30-21(5)26(28-7)15-19(3)22(6)31;1-2/h9-13,15-17,20H,2,8,14H2,1,3-7H3;1-2H3/b19-15-,28-26?,30-21?;. The van der Waals surface area contributed by atoms with Crippen molar-refractivity contribution in [1.29, 1.82) is 0 Å². The lowest BCUT2D eigenvalue weighted by atomic mass is 9.89. The van der Waals surface area contributed by atoms with Crippen LogP contribution in [0.5, 0.6) is 0 Å². The molecule has 0 aliphatic carbocycles. The summed E-state index contributed by atoms with van der Waals surface area (Å²) in [7, 11) is 1.71. The topological polar surface area (TPSA) is 54.7 Å². The molecule has 4 heteroatoms. The van der Waals surface area contributed by atoms with Gasteiger partial charge in [-0.05, 0) is 62.5 Å². The molecular formula is C29H39N3O. The molecule has 0 bridgehead atoms. The zero-order valence-corrected chi connectivity index (χ0v) is 21.6. The number of ketones is 1. The minimum Gasteiger partial charge on any atom is -0.295 e. The Morgan fingerprint density at radius 2 is 1.79 bits per heavy atom. The van der Waals surface area contributed by atoms with Crippen LogP contribution >= 0.6 is 0 Å². The van der Waals surface area contributed by atoms with Crippen molar-refractivity contribution in [2.24, 2.45) is 9.98 Å². The van der Waals surface area contributed by atoms with Crippen molar-refractivity contribution in [3.05, 3.63) is 83.2 Å². The van der Waals surface area contributed by atoms with Crippen LogP contribution in [0.2, 0.25) is 0 Å². The summed E-state index contributed by atoms with van der Waals surface area (Å²) in [6.07, 6.45) is 5.19. The first-order chi connectivity index (χ1) is 15.8. The van der Waals surface area contributed by atoms with Gasteiger partial charge in [0.25, 0.3) is 0 Å². The Balaban J connectivity index is 0.00000265. The first-order valence-corrected chi connectivity index (χ1v) is 11.7. The summed E-state index contributed by atoms with van der Waals surface area (Å²) in [5, 5.41) is 0. The van der Waals surface area contributed by atoms with Gasteiger partial charge in [-0.25, -0.2) is 4.99 Å². The Labute approximate surface area is 200 Å². The third-order valence-corrected chi connectivity index (χ3v) is 5.52. The average Bonchev–Trinajstić information content (AvgIpc) is 2.84. The summed E-state index contributed by atoms with van der Waals surface area (Å²) in [6.45, 7) is 17.9. The van der Waals surface area contributed by atoms with Crippen molar-refractivity contribution in [1.82, 2.24) is 4.98 Å². The van der Waals surface area contributed by atoms with Crippen molar-refractivity contribution < 1.29 is 4.79 Å². The van der Waals surface area contributed by atoms with Gasteiger partial charge in [0.15, 0.2) is 5.78 Å². The maximum Gasteiger partial charge on any atom is 0.155 e. The molecule has 0 amide bonds. The number of nitrogens with zero attached hydrogens (tertiary/aromatic N) is 3. The van der Waals surface area contributed by atoms with Crippen LogP contribution < -0.4 is 0 Å². The number of hydrogen-bond acceptors (Lipinski definition) is 4. The van der Waals surface area contributed by atoms with Crippen molar-refractivity contribution >= 4 is 22.9 Å². The zero-order valence-electron chi connectivity index (χ0n) is 21.6. The van der Waals surface area contributed by atoms with Crippen LogP contribution in [0.3, 0.4) is 0 Å². The van der Waals surface area contributed by atoms with E-state index >= 15 is 0 Å². The summed E-state index contributed by atoms with van der Waals surface area (Å²) >= 11 is 0. The Morgan fingerprint density at radius 1 is 1.15 bits per heavy atom. The molecule has 1 unspecified atom stereocenters. The highest BCUT2D eigenvalue weighted by atomic mass is 16.1. The summed E-state index contributed by atoms with van der Waals surface area (Å²) < 4.78 is 0. The van der Waals surface area contributed by atoms with Gasteiger partial charge in [0.05, 0.1) is 23.3 Å². The van der Waals surface area contributed by atoms with Gasteiger partial charge in [-0.2, -0.15) is 0 Å². The highest BCUT2D eigenvalue weighted by Gasteiger charge is 2.14. The molecule has 2 aromatic rings. The molecule has 1 heterocycles. The predicted molar refractivity (Wildman–Crippen MR) is 143 cm³/mol. The smallest absolute Gasteiger partial charge is 0.155 e. The number of rotatable bonds is 9. The zero-order chi connectivity index (χ0) is 25.0. The molecule has 0 radical (unpaired) electrons. The van der Waals surface area contributed by atoms with E-state index in [1.165, 1.54) is 5.56 Å². The number of aliphatic imine (C=N–C) groups is 2. The van der Waals surface area contributed by atoms with E-state index in [1.54, 1.807) is 27.0 Å². The second kappa shape index (κ2) is 14.1. The summed E-state index contributed by atoms with van der Waals surface area (Å²) in [6, 6.07) is 12.5. The van der Waals surface area contributed by atoms with Crippen LogP contribution in [-0.2, 0) is 17.6 Å². The molecule has 0 saturated heterocycles.